The van der Waals surface area contributed by atoms with Gasteiger partial charge >= 0.3 is 0 Å². The Hall–Kier alpha value is -3.92. The summed E-state index contributed by atoms with van der Waals surface area (Å²) in [5.74, 6) is 0.269. The molecule has 0 unspecified atom stereocenters. The van der Waals surface area contributed by atoms with Crippen molar-refractivity contribution in [3.05, 3.63) is 106 Å². The van der Waals surface area contributed by atoms with E-state index < -0.39 is 5.41 Å². The van der Waals surface area contributed by atoms with E-state index in [1.165, 1.54) is 0 Å². The van der Waals surface area contributed by atoms with Crippen molar-refractivity contribution < 1.29 is 10.2 Å². The first-order valence-corrected chi connectivity index (χ1v) is 11.4. The summed E-state index contributed by atoms with van der Waals surface area (Å²) in [6.07, 6.45) is 1.31. The lowest BCUT2D eigenvalue weighted by Gasteiger charge is -2.35. The summed E-state index contributed by atoms with van der Waals surface area (Å²) in [7, 11) is 0. The predicted molar refractivity (Wildman–Crippen MR) is 135 cm³/mol. The van der Waals surface area contributed by atoms with Gasteiger partial charge in [-0.1, -0.05) is 74.5 Å². The first-order valence-electron chi connectivity index (χ1n) is 11.4. The third-order valence-corrected chi connectivity index (χ3v) is 7.02. The molecule has 0 atom stereocenters. The third kappa shape index (κ3) is 2.83. The van der Waals surface area contributed by atoms with Gasteiger partial charge in [-0.15, -0.1) is 0 Å². The Morgan fingerprint density at radius 3 is 1.42 bits per heavy atom. The van der Waals surface area contributed by atoms with E-state index in [0.29, 0.717) is 24.2 Å². The van der Waals surface area contributed by atoms with Gasteiger partial charge in [-0.2, -0.15) is 0 Å². The zero-order chi connectivity index (χ0) is 23.3. The number of hydrogen-bond acceptors (Lipinski definition) is 4. The van der Waals surface area contributed by atoms with Gasteiger partial charge in [0.1, 0.15) is 11.5 Å². The summed E-state index contributed by atoms with van der Waals surface area (Å²) in [6, 6.07) is 24.7. The Labute approximate surface area is 194 Å². The van der Waals surface area contributed by atoms with E-state index in [0.717, 1.165) is 44.5 Å². The highest BCUT2D eigenvalue weighted by Gasteiger charge is 2.46. The second-order valence-corrected chi connectivity index (χ2v) is 8.69. The van der Waals surface area contributed by atoms with Gasteiger partial charge in [0.15, 0.2) is 0 Å². The second-order valence-electron chi connectivity index (χ2n) is 8.69. The number of benzene rings is 4. The van der Waals surface area contributed by atoms with E-state index in [-0.39, 0.29) is 11.5 Å². The van der Waals surface area contributed by atoms with E-state index in [1.807, 2.05) is 26.0 Å². The fourth-order valence-electron chi connectivity index (χ4n) is 5.43. The SMILES string of the molecule is CCc1cc(C2(c3cc(N)c(O)c(CC)c3)c3ccccc3-c3ccccc32)cc(N)c1O. The van der Waals surface area contributed by atoms with Crippen LogP contribution in [0.3, 0.4) is 0 Å². The lowest BCUT2D eigenvalue weighted by Crippen LogP contribution is -2.29. The van der Waals surface area contributed by atoms with Crippen LogP contribution >= 0.6 is 0 Å². The van der Waals surface area contributed by atoms with E-state index in [4.69, 9.17) is 11.5 Å². The molecule has 4 aromatic carbocycles. The second kappa shape index (κ2) is 7.59. The lowest BCUT2D eigenvalue weighted by atomic mass is 9.66. The topological polar surface area (TPSA) is 92.5 Å². The minimum atomic E-state index is -0.690. The third-order valence-electron chi connectivity index (χ3n) is 7.02. The summed E-state index contributed by atoms with van der Waals surface area (Å²) < 4.78 is 0. The first-order chi connectivity index (χ1) is 15.9. The summed E-state index contributed by atoms with van der Waals surface area (Å²) in [4.78, 5) is 0. The van der Waals surface area contributed by atoms with Crippen LogP contribution in [0, 0.1) is 0 Å². The quantitative estimate of drug-likeness (QED) is 0.213. The van der Waals surface area contributed by atoms with Crippen LogP contribution in [0.1, 0.15) is 47.2 Å². The van der Waals surface area contributed by atoms with Gasteiger partial charge < -0.3 is 21.7 Å². The number of fused-ring (bicyclic) bond motifs is 3. The molecule has 1 aliphatic rings. The maximum Gasteiger partial charge on any atom is 0.141 e. The zero-order valence-corrected chi connectivity index (χ0v) is 18.9. The molecule has 166 valence electrons. The maximum atomic E-state index is 10.6. The van der Waals surface area contributed by atoms with E-state index >= 15 is 0 Å². The standard InChI is InChI=1S/C29H28N2O2/c1-3-17-13-19(15-25(30)27(17)32)29(20-14-18(4-2)28(33)26(31)16-20)23-11-7-5-9-21(23)22-10-6-8-12-24(22)29/h5-16,32-33H,3-4,30-31H2,1-2H3. The van der Waals surface area contributed by atoms with E-state index in [1.54, 1.807) is 0 Å². The van der Waals surface area contributed by atoms with Crippen LogP contribution in [0.4, 0.5) is 11.4 Å². The molecule has 0 spiro atoms. The van der Waals surface area contributed by atoms with Gasteiger partial charge in [-0.25, -0.2) is 0 Å². The Bertz CT molecular complexity index is 1280. The lowest BCUT2D eigenvalue weighted by molar-refractivity contribution is 0.471. The Morgan fingerprint density at radius 1 is 0.636 bits per heavy atom. The monoisotopic (exact) mass is 436 g/mol. The van der Waals surface area contributed by atoms with Crippen molar-refractivity contribution in [1.29, 1.82) is 0 Å². The number of rotatable bonds is 4. The normalized spacial score (nSPS) is 13.5. The number of hydrogen-bond donors (Lipinski definition) is 4. The highest BCUT2D eigenvalue weighted by atomic mass is 16.3. The number of phenols is 2. The van der Waals surface area contributed by atoms with Gasteiger partial charge in [0, 0.05) is 0 Å². The van der Waals surface area contributed by atoms with Crippen LogP contribution in [-0.2, 0) is 18.3 Å². The van der Waals surface area contributed by atoms with Crippen molar-refractivity contribution in [2.24, 2.45) is 0 Å². The van der Waals surface area contributed by atoms with Gasteiger partial charge in [0.05, 0.1) is 16.8 Å². The molecule has 0 fully saturated rings. The van der Waals surface area contributed by atoms with E-state index in [9.17, 15) is 10.2 Å². The molecule has 0 amide bonds. The molecule has 6 N–H and O–H groups in total. The van der Waals surface area contributed by atoms with Crippen molar-refractivity contribution >= 4 is 11.4 Å². The van der Waals surface area contributed by atoms with Gasteiger partial charge in [0.25, 0.3) is 0 Å². The Morgan fingerprint density at radius 2 is 1.03 bits per heavy atom. The highest BCUT2D eigenvalue weighted by Crippen LogP contribution is 2.57. The van der Waals surface area contributed by atoms with Gasteiger partial charge in [0.2, 0.25) is 0 Å². The minimum absolute atomic E-state index is 0.135. The average molecular weight is 437 g/mol. The molecule has 0 saturated heterocycles. The van der Waals surface area contributed by atoms with Crippen molar-refractivity contribution in [1.82, 2.24) is 0 Å². The van der Waals surface area contributed by atoms with Crippen LogP contribution in [0.15, 0.2) is 72.8 Å². The van der Waals surface area contributed by atoms with Crippen molar-refractivity contribution in [3.8, 4) is 22.6 Å². The number of aryl methyl sites for hydroxylation is 2. The summed E-state index contributed by atoms with van der Waals surface area (Å²) in [5, 5.41) is 21.2. The average Bonchev–Trinajstić information content (AvgIpc) is 3.14. The van der Waals surface area contributed by atoms with Crippen molar-refractivity contribution in [2.45, 2.75) is 32.1 Å². The first kappa shape index (κ1) is 21.0. The Balaban J connectivity index is 1.99. The predicted octanol–water partition coefficient (Wildman–Crippen LogP) is 5.75. The molecule has 0 aliphatic heterocycles. The molecule has 0 saturated carbocycles. The Kier molecular flexibility index (Phi) is 4.82. The molecule has 33 heavy (non-hydrogen) atoms. The van der Waals surface area contributed by atoms with Crippen LogP contribution < -0.4 is 11.5 Å². The molecule has 0 heterocycles. The molecule has 0 aromatic heterocycles. The molecule has 4 aromatic rings. The van der Waals surface area contributed by atoms with Crippen LogP contribution in [0.25, 0.3) is 11.1 Å². The molecular weight excluding hydrogens is 408 g/mol. The fraction of sp³-hybridized carbons (Fsp3) is 0.172. The van der Waals surface area contributed by atoms with Gasteiger partial charge in [-0.05, 0) is 69.5 Å². The van der Waals surface area contributed by atoms with E-state index in [2.05, 4.69) is 60.7 Å². The van der Waals surface area contributed by atoms with Crippen molar-refractivity contribution in [3.63, 3.8) is 0 Å². The van der Waals surface area contributed by atoms with Gasteiger partial charge in [-0.3, -0.25) is 0 Å². The minimum Gasteiger partial charge on any atom is -0.506 e. The smallest absolute Gasteiger partial charge is 0.141 e. The fourth-order valence-corrected chi connectivity index (χ4v) is 5.43. The molecule has 0 bridgehead atoms. The van der Waals surface area contributed by atoms with Crippen LogP contribution in [0.5, 0.6) is 11.5 Å². The van der Waals surface area contributed by atoms with Crippen LogP contribution in [0.2, 0.25) is 0 Å². The number of nitrogens with two attached hydrogens (primary N) is 2. The molecule has 0 radical (unpaired) electrons. The number of aromatic hydroxyl groups is 2. The number of phenolic OH excluding ortho intramolecular Hbond substituents is 2. The molecule has 1 aliphatic carbocycles. The summed E-state index contributed by atoms with van der Waals surface area (Å²) >= 11 is 0. The summed E-state index contributed by atoms with van der Waals surface area (Å²) in [6.45, 7) is 4.02. The number of anilines is 2. The maximum absolute atomic E-state index is 10.6. The zero-order valence-electron chi connectivity index (χ0n) is 18.9. The molecular formula is C29H28N2O2. The van der Waals surface area contributed by atoms with Crippen molar-refractivity contribution in [2.75, 3.05) is 11.5 Å². The molecule has 4 heteroatoms. The number of nitrogen functional groups attached to an aromatic ring is 2. The largest absolute Gasteiger partial charge is 0.506 e. The molecule has 5 rings (SSSR count). The molecule has 4 nitrogen and oxygen atoms in total. The highest BCUT2D eigenvalue weighted by molar-refractivity contribution is 5.87. The van der Waals surface area contributed by atoms with Crippen LogP contribution in [-0.4, -0.2) is 10.2 Å². The summed E-state index contributed by atoms with van der Waals surface area (Å²) in [5.41, 5.74) is 20.8.